The summed E-state index contributed by atoms with van der Waals surface area (Å²) in [5.41, 5.74) is 0. The molecule has 2 fully saturated rings. The summed E-state index contributed by atoms with van der Waals surface area (Å²) in [4.78, 5) is 25.0. The summed E-state index contributed by atoms with van der Waals surface area (Å²) in [5.74, 6) is -0.0282. The lowest BCUT2D eigenvalue weighted by Crippen LogP contribution is -2.46. The maximum absolute atomic E-state index is 12.3. The lowest BCUT2D eigenvalue weighted by molar-refractivity contribution is -0.149. The van der Waals surface area contributed by atoms with Crippen molar-refractivity contribution < 1.29 is 14.7 Å². The van der Waals surface area contributed by atoms with Crippen molar-refractivity contribution in [3.8, 4) is 0 Å². The summed E-state index contributed by atoms with van der Waals surface area (Å²) in [5, 5.41) is 12.4. The van der Waals surface area contributed by atoms with Crippen LogP contribution in [-0.2, 0) is 9.59 Å². The summed E-state index contributed by atoms with van der Waals surface area (Å²) in [7, 11) is 0. The van der Waals surface area contributed by atoms with Gasteiger partial charge in [-0.05, 0) is 38.8 Å². The fourth-order valence-corrected chi connectivity index (χ4v) is 3.85. The van der Waals surface area contributed by atoms with E-state index in [4.69, 9.17) is 5.11 Å². The number of hydrogen-bond acceptors (Lipinski definition) is 4. The van der Waals surface area contributed by atoms with E-state index in [0.29, 0.717) is 18.1 Å². The Balaban J connectivity index is 1.95. The number of hydrogen-bond donors (Lipinski definition) is 2. The fraction of sp³-hybridized carbons (Fsp3) is 0.833. The molecule has 0 spiro atoms. The van der Waals surface area contributed by atoms with E-state index in [1.54, 1.807) is 16.7 Å². The van der Waals surface area contributed by atoms with Crippen LogP contribution in [0.4, 0.5) is 0 Å². The van der Waals surface area contributed by atoms with Crippen LogP contribution in [0.15, 0.2) is 0 Å². The second-order valence-electron chi connectivity index (χ2n) is 5.00. The van der Waals surface area contributed by atoms with E-state index in [1.807, 2.05) is 6.92 Å². The molecule has 2 N–H and O–H groups in total. The fourth-order valence-electron chi connectivity index (χ4n) is 2.66. The lowest BCUT2D eigenvalue weighted by atomic mass is 9.95. The van der Waals surface area contributed by atoms with E-state index < -0.39 is 12.0 Å². The summed E-state index contributed by atoms with van der Waals surface area (Å²) >= 11 is 1.54. The van der Waals surface area contributed by atoms with E-state index >= 15 is 0 Å². The Labute approximate surface area is 111 Å². The monoisotopic (exact) mass is 272 g/mol. The summed E-state index contributed by atoms with van der Waals surface area (Å²) in [6, 6.07) is -0.644. The number of nitrogens with one attached hydrogen (secondary N) is 1. The number of carboxylic acids is 1. The molecule has 0 bridgehead atoms. The van der Waals surface area contributed by atoms with Gasteiger partial charge in [0.25, 0.3) is 0 Å². The Kier molecular flexibility index (Phi) is 4.50. The smallest absolute Gasteiger partial charge is 0.327 e. The Morgan fingerprint density at radius 3 is 2.89 bits per heavy atom. The van der Waals surface area contributed by atoms with Crippen LogP contribution in [0.25, 0.3) is 0 Å². The Bertz CT molecular complexity index is 331. The van der Waals surface area contributed by atoms with Crippen molar-refractivity contribution in [3.63, 3.8) is 0 Å². The predicted octanol–water partition coefficient (Wildman–Crippen LogP) is 0.751. The topological polar surface area (TPSA) is 69.6 Å². The summed E-state index contributed by atoms with van der Waals surface area (Å²) < 4.78 is 0. The van der Waals surface area contributed by atoms with Crippen molar-refractivity contribution in [2.24, 2.45) is 5.92 Å². The molecule has 2 heterocycles. The van der Waals surface area contributed by atoms with Gasteiger partial charge >= 0.3 is 5.97 Å². The van der Waals surface area contributed by atoms with Crippen LogP contribution >= 0.6 is 11.8 Å². The molecule has 0 aliphatic carbocycles. The van der Waals surface area contributed by atoms with Crippen molar-refractivity contribution in [3.05, 3.63) is 0 Å². The maximum atomic E-state index is 12.3. The number of carbonyl (C=O) groups is 2. The molecule has 2 saturated heterocycles. The number of amides is 1. The van der Waals surface area contributed by atoms with Crippen LogP contribution in [0, 0.1) is 5.92 Å². The second-order valence-corrected chi connectivity index (χ2v) is 6.35. The van der Waals surface area contributed by atoms with E-state index in [-0.39, 0.29) is 11.3 Å². The van der Waals surface area contributed by atoms with Gasteiger partial charge < -0.3 is 15.3 Å². The molecule has 0 aromatic carbocycles. The molecule has 102 valence electrons. The van der Waals surface area contributed by atoms with Gasteiger partial charge in [0.05, 0.1) is 5.37 Å². The third-order valence-corrected chi connectivity index (χ3v) is 4.88. The van der Waals surface area contributed by atoms with Gasteiger partial charge in [0.15, 0.2) is 0 Å². The highest BCUT2D eigenvalue weighted by Crippen LogP contribution is 2.30. The molecule has 0 radical (unpaired) electrons. The zero-order valence-corrected chi connectivity index (χ0v) is 11.4. The summed E-state index contributed by atoms with van der Waals surface area (Å²) in [6.45, 7) is 3.81. The third kappa shape index (κ3) is 2.98. The van der Waals surface area contributed by atoms with Crippen LogP contribution < -0.4 is 5.32 Å². The average Bonchev–Trinajstić information content (AvgIpc) is 2.72. The minimum atomic E-state index is -0.887. The van der Waals surface area contributed by atoms with Gasteiger partial charge in [-0.15, -0.1) is 11.8 Å². The van der Waals surface area contributed by atoms with Gasteiger partial charge in [-0.1, -0.05) is 0 Å². The van der Waals surface area contributed by atoms with Gasteiger partial charge in [0.1, 0.15) is 6.04 Å². The van der Waals surface area contributed by atoms with Crippen molar-refractivity contribution in [2.75, 3.05) is 18.8 Å². The summed E-state index contributed by atoms with van der Waals surface area (Å²) in [6.07, 6.45) is 2.64. The first-order valence-electron chi connectivity index (χ1n) is 6.46. The van der Waals surface area contributed by atoms with Crippen molar-refractivity contribution in [2.45, 2.75) is 37.6 Å². The van der Waals surface area contributed by atoms with Crippen molar-refractivity contribution in [1.82, 2.24) is 10.2 Å². The molecule has 2 aliphatic rings. The number of rotatable bonds is 3. The van der Waals surface area contributed by atoms with Gasteiger partial charge in [-0.25, -0.2) is 4.79 Å². The van der Waals surface area contributed by atoms with Crippen LogP contribution in [0.1, 0.15) is 26.2 Å². The number of carboxylic acid groups (broad SMARTS) is 1. The van der Waals surface area contributed by atoms with Crippen LogP contribution in [0.2, 0.25) is 0 Å². The van der Waals surface area contributed by atoms with E-state index in [1.165, 1.54) is 0 Å². The van der Waals surface area contributed by atoms with Gasteiger partial charge in [-0.2, -0.15) is 0 Å². The molecular formula is C12H20N2O3S. The van der Waals surface area contributed by atoms with Crippen molar-refractivity contribution in [1.29, 1.82) is 0 Å². The number of carbonyl (C=O) groups excluding carboxylic acids is 1. The largest absolute Gasteiger partial charge is 0.480 e. The highest BCUT2D eigenvalue weighted by Gasteiger charge is 2.39. The normalized spacial score (nSPS) is 32.5. The minimum absolute atomic E-state index is 0.00593. The van der Waals surface area contributed by atoms with Crippen LogP contribution in [0.5, 0.6) is 0 Å². The first kappa shape index (κ1) is 13.7. The predicted molar refractivity (Wildman–Crippen MR) is 70.4 cm³/mol. The van der Waals surface area contributed by atoms with Gasteiger partial charge in [0.2, 0.25) is 5.91 Å². The quantitative estimate of drug-likeness (QED) is 0.793. The van der Waals surface area contributed by atoms with Crippen LogP contribution in [0.3, 0.4) is 0 Å². The van der Waals surface area contributed by atoms with E-state index in [9.17, 15) is 9.59 Å². The van der Waals surface area contributed by atoms with E-state index in [2.05, 4.69) is 5.32 Å². The number of piperidine rings is 1. The molecule has 0 aromatic heterocycles. The number of thioether (sulfide) groups is 1. The Morgan fingerprint density at radius 2 is 2.28 bits per heavy atom. The van der Waals surface area contributed by atoms with Gasteiger partial charge in [-0.3, -0.25) is 4.79 Å². The second kappa shape index (κ2) is 5.93. The molecule has 2 rings (SSSR count). The molecule has 5 nitrogen and oxygen atoms in total. The van der Waals surface area contributed by atoms with Gasteiger partial charge in [0, 0.05) is 12.2 Å². The average molecular weight is 272 g/mol. The molecule has 1 amide bonds. The molecule has 2 aliphatic heterocycles. The first-order valence-corrected chi connectivity index (χ1v) is 7.50. The molecule has 0 aromatic rings. The lowest BCUT2D eigenvalue weighted by Gasteiger charge is -2.28. The third-order valence-electron chi connectivity index (χ3n) is 3.66. The van der Waals surface area contributed by atoms with Crippen molar-refractivity contribution >= 4 is 23.6 Å². The first-order chi connectivity index (χ1) is 8.59. The SMILES string of the molecule is CC1SCC(C(=O)O)N1C(=O)CC1CCCNC1. The molecule has 3 unspecified atom stereocenters. The zero-order chi connectivity index (χ0) is 13.1. The molecule has 18 heavy (non-hydrogen) atoms. The van der Waals surface area contributed by atoms with Crippen LogP contribution in [-0.4, -0.2) is 52.1 Å². The Morgan fingerprint density at radius 1 is 1.50 bits per heavy atom. The minimum Gasteiger partial charge on any atom is -0.480 e. The molecule has 0 saturated carbocycles. The molecular weight excluding hydrogens is 252 g/mol. The number of nitrogens with zero attached hydrogens (tertiary/aromatic N) is 1. The highest BCUT2D eigenvalue weighted by atomic mass is 32.2. The number of aliphatic carboxylic acids is 1. The molecule has 6 heteroatoms. The zero-order valence-electron chi connectivity index (χ0n) is 10.6. The standard InChI is InChI=1S/C12H20N2O3S/c1-8-14(10(7-18-8)12(16)17)11(15)5-9-3-2-4-13-6-9/h8-10,13H,2-7H2,1H3,(H,16,17). The maximum Gasteiger partial charge on any atom is 0.327 e. The van der Waals surface area contributed by atoms with E-state index in [0.717, 1.165) is 25.9 Å². The Hall–Kier alpha value is -0.750. The molecule has 3 atom stereocenters. The highest BCUT2D eigenvalue weighted by molar-refractivity contribution is 8.00.